The highest BCUT2D eigenvalue weighted by molar-refractivity contribution is 14.1. The van der Waals surface area contributed by atoms with Gasteiger partial charge in [-0.1, -0.05) is 191 Å². The summed E-state index contributed by atoms with van der Waals surface area (Å²) in [7, 11) is 0. The van der Waals surface area contributed by atoms with E-state index in [0.717, 1.165) is 22.8 Å². The third-order valence-electron chi connectivity index (χ3n) is 14.1. The highest BCUT2D eigenvalue weighted by Crippen LogP contribution is 2.36. The summed E-state index contributed by atoms with van der Waals surface area (Å²) in [4.78, 5) is 72.0. The molecule has 3 amide bonds. The van der Waals surface area contributed by atoms with Gasteiger partial charge in [-0.05, 0) is 108 Å². The number of alkyl halides is 10. The van der Waals surface area contributed by atoms with Crippen LogP contribution >= 0.6 is 22.6 Å². The number of hydrogen-bond donors (Lipinski definition) is 4. The number of nitrogens with one attached hydrogen (secondary N) is 3. The van der Waals surface area contributed by atoms with Gasteiger partial charge in [0.05, 0.1) is 30.4 Å². The number of rotatable bonds is 13. The molecule has 9 rings (SSSR count). The number of carbonyl (C=O) groups is 6. The SMILES string of the molecule is C=C[C@@H](c1ccc(C#Cc2ccccc2)cc1)[C@H](NC(=O)C(F)(F)F)C(=O)[O-].C[C@@H](N)c1ccccc1.O=C1O[C@H](CI)[C@@H](c2ccc(C#Cc3ccccc3)cc2)[C@@H]1NC(=O)C(F)(F)F.[N-]=[N+]=NC[C@H]1OC(=O)[C@@H](NC(=O)C(F)(F)F)[C@@H]1c1ccc(C#Cc2ccccc2)cc1. The molecule has 97 heavy (non-hydrogen) atoms. The maximum Gasteiger partial charge on any atom is 0.471 e. The van der Waals surface area contributed by atoms with Gasteiger partial charge in [0.15, 0.2) is 0 Å². The fourth-order valence-electron chi connectivity index (χ4n) is 9.37. The number of aliphatic carboxylic acids is 1. The van der Waals surface area contributed by atoms with Crippen LogP contribution in [0.5, 0.6) is 0 Å². The average molecular weight is 1450 g/mol. The number of benzene rings is 7. The third-order valence-corrected chi connectivity index (χ3v) is 15.0. The van der Waals surface area contributed by atoms with Gasteiger partial charge < -0.3 is 41.1 Å². The Morgan fingerprint density at radius 2 is 0.887 bits per heavy atom. The molecule has 2 saturated heterocycles. The largest absolute Gasteiger partial charge is 0.548 e. The number of amides is 3. The van der Waals surface area contributed by atoms with E-state index < -0.39 is 102 Å². The molecule has 5 N–H and O–H groups in total. The Morgan fingerprint density at radius 3 is 1.20 bits per heavy atom. The Labute approximate surface area is 564 Å². The van der Waals surface area contributed by atoms with E-state index in [2.05, 4.69) is 52.1 Å². The van der Waals surface area contributed by atoms with E-state index in [9.17, 15) is 73.4 Å². The van der Waals surface area contributed by atoms with Gasteiger partial charge in [-0.15, -0.1) is 6.58 Å². The van der Waals surface area contributed by atoms with E-state index in [-0.39, 0.29) is 12.6 Å². The van der Waals surface area contributed by atoms with Crippen molar-refractivity contribution in [3.05, 3.63) is 273 Å². The standard InChI is InChI=1S/C21H15F3INO3.C21H15F3N4O3.C21H16F3NO3.C8H11N/c22-21(23,24)20(28)26-18-17(16(12-25)29-19(18)27)15-10-8-14(9-11-15)7-6-13-4-2-1-3-5-13;22-21(23,24)20(30)27-18-17(16(12-26-28-25)31-19(18)29)15-10-8-14(9-11-15)7-6-13-4-2-1-3-5-13;1-2-17(18(19(26)27)25-20(28)21(22,23)24)16-12-10-15(11-13-16)9-8-14-6-4-3-5-7-14;1-7(9)8-5-3-2-4-6-8/h1-5,8-11,16-18H,12H2,(H,26,28);1-5,8-11,16-18H,12H2,(H,27,30);2-7,10-13,17-18H,1H2,(H,25,28)(H,26,27);2-7H,9H2,1H3/p-1/t2*16-,17-,18+;17-,18-;7-/m1101/s1. The molecule has 9 atom stereocenters. The number of nitrogens with zero attached hydrogens (tertiary/aromatic N) is 3. The molecular weight excluding hydrogens is 1390 g/mol. The summed E-state index contributed by atoms with van der Waals surface area (Å²) in [6.45, 7) is 5.15. The second kappa shape index (κ2) is 35.6. The van der Waals surface area contributed by atoms with Crippen molar-refractivity contribution in [2.45, 2.75) is 79.6 Å². The maximum atomic E-state index is 12.7. The van der Waals surface area contributed by atoms with Crippen molar-refractivity contribution in [3.8, 4) is 35.5 Å². The number of nitrogens with two attached hydrogens (primary N) is 1. The molecule has 16 nitrogen and oxygen atoms in total. The van der Waals surface area contributed by atoms with Crippen LogP contribution in [0, 0.1) is 35.5 Å². The highest BCUT2D eigenvalue weighted by Gasteiger charge is 2.51. The van der Waals surface area contributed by atoms with Crippen LogP contribution in [-0.4, -0.2) is 95.5 Å². The Balaban J connectivity index is 0.000000215. The molecule has 0 aliphatic carbocycles. The molecule has 2 heterocycles. The van der Waals surface area contributed by atoms with Crippen LogP contribution in [-0.2, 0) is 38.2 Å². The number of hydrogen-bond acceptors (Lipinski definition) is 11. The Kier molecular flexibility index (Phi) is 27.6. The van der Waals surface area contributed by atoms with Crippen LogP contribution in [0.1, 0.15) is 86.4 Å². The minimum atomic E-state index is -5.21. The van der Waals surface area contributed by atoms with Crippen molar-refractivity contribution in [3.63, 3.8) is 0 Å². The normalized spacial score (nSPS) is 17.6. The van der Waals surface area contributed by atoms with Gasteiger partial charge in [-0.2, -0.15) is 39.5 Å². The molecule has 0 bridgehead atoms. The number of carboxylic acid groups (broad SMARTS) is 1. The molecule has 2 aliphatic rings. The van der Waals surface area contributed by atoms with Crippen molar-refractivity contribution in [1.29, 1.82) is 0 Å². The quantitative estimate of drug-likeness (QED) is 0.00977. The first-order valence-electron chi connectivity index (χ1n) is 28.9. The fraction of sp³-hybridized carbons (Fsp3) is 0.211. The molecule has 26 heteroatoms. The second-order valence-corrected chi connectivity index (χ2v) is 21.8. The molecular formula is C71H56F9IN7O9-. The first-order chi connectivity index (χ1) is 46.1. The molecule has 7 aromatic rings. The summed E-state index contributed by atoms with van der Waals surface area (Å²) in [6.07, 6.45) is -16.0. The number of cyclic esters (lactones) is 2. The lowest BCUT2D eigenvalue weighted by atomic mass is 9.88. The number of esters is 2. The van der Waals surface area contributed by atoms with E-state index >= 15 is 0 Å². The smallest absolute Gasteiger partial charge is 0.471 e. The van der Waals surface area contributed by atoms with Crippen LogP contribution in [0.25, 0.3) is 10.4 Å². The molecule has 2 fully saturated rings. The fourth-order valence-corrected chi connectivity index (χ4v) is 10.1. The Hall–Kier alpha value is -10.9. The zero-order chi connectivity index (χ0) is 70.9. The van der Waals surface area contributed by atoms with Gasteiger partial charge in [-0.3, -0.25) is 14.4 Å². The summed E-state index contributed by atoms with van der Waals surface area (Å²) in [5.41, 5.74) is 21.2. The van der Waals surface area contributed by atoms with E-state index in [0.29, 0.717) is 37.8 Å². The summed E-state index contributed by atoms with van der Waals surface area (Å²) < 4.78 is 124. The zero-order valence-corrected chi connectivity index (χ0v) is 52.9. The third kappa shape index (κ3) is 23.0. The first kappa shape index (κ1) is 75.2. The van der Waals surface area contributed by atoms with Gasteiger partial charge in [0.2, 0.25) is 0 Å². The number of carbonyl (C=O) groups excluding carboxylic acids is 6. The average Bonchev–Trinajstić information content (AvgIpc) is 1.67. The van der Waals surface area contributed by atoms with Crippen LogP contribution in [0.4, 0.5) is 39.5 Å². The minimum absolute atomic E-state index is 0.159. The lowest BCUT2D eigenvalue weighted by Gasteiger charge is -2.27. The van der Waals surface area contributed by atoms with Crippen LogP contribution in [0.15, 0.2) is 212 Å². The van der Waals surface area contributed by atoms with Gasteiger partial charge >= 0.3 is 48.2 Å². The van der Waals surface area contributed by atoms with Crippen molar-refractivity contribution in [2.75, 3.05) is 11.0 Å². The lowest BCUT2D eigenvalue weighted by Crippen LogP contribution is -2.54. The van der Waals surface area contributed by atoms with E-state index in [4.69, 9.17) is 20.7 Å². The summed E-state index contributed by atoms with van der Waals surface area (Å²) in [6, 6.07) is 52.7. The first-order valence-corrected chi connectivity index (χ1v) is 30.4. The Morgan fingerprint density at radius 1 is 0.557 bits per heavy atom. The molecule has 0 saturated carbocycles. The molecule has 0 spiro atoms. The maximum absolute atomic E-state index is 12.7. The van der Waals surface area contributed by atoms with Gasteiger partial charge in [0.25, 0.3) is 0 Å². The number of halogens is 10. The topological polar surface area (TPSA) is 255 Å². The molecule has 7 aromatic carbocycles. The van der Waals surface area contributed by atoms with Crippen LogP contribution < -0.4 is 26.8 Å². The van der Waals surface area contributed by atoms with Crippen molar-refractivity contribution >= 4 is 58.2 Å². The van der Waals surface area contributed by atoms with Crippen molar-refractivity contribution < 1.29 is 82.9 Å². The molecule has 500 valence electrons. The minimum Gasteiger partial charge on any atom is -0.548 e. The van der Waals surface area contributed by atoms with Crippen molar-refractivity contribution in [2.24, 2.45) is 10.8 Å². The van der Waals surface area contributed by atoms with E-state index in [1.54, 1.807) is 71.3 Å². The molecule has 0 aromatic heterocycles. The monoisotopic (exact) mass is 1450 g/mol. The lowest BCUT2D eigenvalue weighted by molar-refractivity contribution is -0.308. The van der Waals surface area contributed by atoms with E-state index in [1.165, 1.54) is 23.0 Å². The summed E-state index contributed by atoms with van der Waals surface area (Å²) in [5, 5.41) is 19.6. The predicted molar refractivity (Wildman–Crippen MR) is 346 cm³/mol. The molecule has 0 radical (unpaired) electrons. The van der Waals surface area contributed by atoms with E-state index in [1.807, 2.05) is 151 Å². The van der Waals surface area contributed by atoms with Gasteiger partial charge in [0.1, 0.15) is 24.3 Å². The Bertz CT molecular complexity index is 4090. The predicted octanol–water partition coefficient (Wildman–Crippen LogP) is 10.9. The molecule has 0 unspecified atom stereocenters. The zero-order valence-electron chi connectivity index (χ0n) is 50.7. The van der Waals surface area contributed by atoms with Gasteiger partial charge in [-0.25, -0.2) is 9.59 Å². The van der Waals surface area contributed by atoms with Crippen LogP contribution in [0.2, 0.25) is 0 Å². The number of azide groups is 1. The molecule has 2 aliphatic heterocycles. The number of ether oxygens (including phenoxy) is 2. The van der Waals surface area contributed by atoms with Crippen molar-refractivity contribution in [1.82, 2.24) is 16.0 Å². The highest BCUT2D eigenvalue weighted by atomic mass is 127. The van der Waals surface area contributed by atoms with Gasteiger partial charge in [0, 0.05) is 54.7 Å². The number of carboxylic acids is 1. The summed E-state index contributed by atoms with van der Waals surface area (Å²) >= 11 is 1.99. The second-order valence-electron chi connectivity index (χ2n) is 20.9. The summed E-state index contributed by atoms with van der Waals surface area (Å²) in [5.74, 6) is 4.49. The van der Waals surface area contributed by atoms with Crippen LogP contribution in [0.3, 0.4) is 0 Å².